The first-order chi connectivity index (χ1) is 15.5. The molecule has 0 atom stereocenters. The van der Waals surface area contributed by atoms with Crippen molar-refractivity contribution in [2.75, 3.05) is 5.32 Å². The highest BCUT2D eigenvalue weighted by Crippen LogP contribution is 2.12. The van der Waals surface area contributed by atoms with E-state index in [1.165, 1.54) is 10.7 Å². The topological polar surface area (TPSA) is 98.0 Å². The van der Waals surface area contributed by atoms with Gasteiger partial charge in [-0.2, -0.15) is 5.10 Å². The molecular weight excluding hydrogens is 413 g/mol. The fraction of sp³-hybridized carbons (Fsp3) is 0.304. The third-order valence-electron chi connectivity index (χ3n) is 5.40. The number of hydrogen-bond acceptors (Lipinski definition) is 4. The summed E-state index contributed by atoms with van der Waals surface area (Å²) in [4.78, 5) is 37.2. The first kappa shape index (κ1) is 21.5. The maximum absolute atomic E-state index is 13.7. The van der Waals surface area contributed by atoms with Gasteiger partial charge in [0.25, 0.3) is 5.91 Å². The number of rotatable bonds is 6. The quantitative estimate of drug-likeness (QED) is 0.619. The van der Waals surface area contributed by atoms with Crippen LogP contribution in [0.25, 0.3) is 0 Å². The maximum atomic E-state index is 13.7. The van der Waals surface area contributed by atoms with Gasteiger partial charge in [-0.3, -0.25) is 14.2 Å². The first-order valence-corrected chi connectivity index (χ1v) is 10.6. The molecular formula is C23H24FN5O3. The summed E-state index contributed by atoms with van der Waals surface area (Å²) >= 11 is 0. The van der Waals surface area contributed by atoms with Crippen molar-refractivity contribution in [2.45, 2.75) is 45.3 Å². The summed E-state index contributed by atoms with van der Waals surface area (Å²) in [5.74, 6) is -0.376. The molecule has 1 aliphatic heterocycles. The summed E-state index contributed by atoms with van der Waals surface area (Å²) in [6.45, 7) is 0.535. The molecule has 0 bridgehead atoms. The smallest absolute Gasteiger partial charge is 0.346 e. The van der Waals surface area contributed by atoms with Gasteiger partial charge < -0.3 is 10.6 Å². The Morgan fingerprint density at radius 1 is 1.03 bits per heavy atom. The Hall–Kier alpha value is -3.75. The predicted octanol–water partition coefficient (Wildman–Crippen LogP) is 2.48. The molecule has 2 heterocycles. The van der Waals surface area contributed by atoms with Gasteiger partial charge in [0.2, 0.25) is 5.91 Å². The molecule has 4 rings (SSSR count). The van der Waals surface area contributed by atoms with Crippen molar-refractivity contribution < 1.29 is 14.0 Å². The molecule has 0 aliphatic carbocycles. The molecule has 32 heavy (non-hydrogen) atoms. The Morgan fingerprint density at radius 3 is 2.59 bits per heavy atom. The van der Waals surface area contributed by atoms with E-state index >= 15 is 0 Å². The number of benzene rings is 2. The van der Waals surface area contributed by atoms with Crippen LogP contribution < -0.4 is 16.3 Å². The van der Waals surface area contributed by atoms with Crippen molar-refractivity contribution >= 4 is 17.5 Å². The third-order valence-corrected chi connectivity index (χ3v) is 5.40. The van der Waals surface area contributed by atoms with Crippen molar-refractivity contribution in [3.8, 4) is 0 Å². The monoisotopic (exact) mass is 437 g/mol. The van der Waals surface area contributed by atoms with Gasteiger partial charge in [-0.05, 0) is 43.2 Å². The standard InChI is InChI=1S/C23H24FN5O3/c24-19-7-4-3-6-17(19)14-25-22(31)16-9-11-18(12-10-16)26-21(30)15-29-23(32)28-13-5-1-2-8-20(28)27-29/h3-4,6-7,9-12H,1-2,5,8,13-15H2,(H,25,31)(H,26,30). The average Bonchev–Trinajstić information content (AvgIpc) is 2.94. The van der Waals surface area contributed by atoms with Crippen molar-refractivity contribution in [1.29, 1.82) is 0 Å². The Balaban J connectivity index is 1.33. The second kappa shape index (κ2) is 9.59. The van der Waals surface area contributed by atoms with Crippen LogP contribution in [-0.2, 0) is 30.8 Å². The highest BCUT2D eigenvalue weighted by atomic mass is 19.1. The Kier molecular flexibility index (Phi) is 6.44. The summed E-state index contributed by atoms with van der Waals surface area (Å²) in [7, 11) is 0. The van der Waals surface area contributed by atoms with Crippen LogP contribution in [0.2, 0.25) is 0 Å². The Labute approximate surface area is 184 Å². The molecule has 2 N–H and O–H groups in total. The van der Waals surface area contributed by atoms with Crippen LogP contribution in [0.5, 0.6) is 0 Å². The van der Waals surface area contributed by atoms with Crippen LogP contribution in [0.15, 0.2) is 53.3 Å². The van der Waals surface area contributed by atoms with Crippen molar-refractivity contribution in [2.24, 2.45) is 0 Å². The molecule has 1 aromatic heterocycles. The minimum absolute atomic E-state index is 0.0768. The summed E-state index contributed by atoms with van der Waals surface area (Å²) in [5.41, 5.74) is 1.01. The first-order valence-electron chi connectivity index (χ1n) is 10.6. The molecule has 0 fully saturated rings. The van der Waals surface area contributed by atoms with Gasteiger partial charge >= 0.3 is 5.69 Å². The van der Waals surface area contributed by atoms with E-state index in [-0.39, 0.29) is 36.4 Å². The molecule has 0 saturated heterocycles. The highest BCUT2D eigenvalue weighted by Gasteiger charge is 2.17. The van der Waals surface area contributed by atoms with Gasteiger partial charge in [0.05, 0.1) is 0 Å². The molecule has 0 unspecified atom stereocenters. The van der Waals surface area contributed by atoms with E-state index in [4.69, 9.17) is 0 Å². The minimum atomic E-state index is -0.378. The Bertz CT molecular complexity index is 1180. The zero-order chi connectivity index (χ0) is 22.5. The van der Waals surface area contributed by atoms with Gasteiger partial charge in [-0.15, -0.1) is 0 Å². The number of nitrogens with zero attached hydrogens (tertiary/aromatic N) is 3. The second-order valence-electron chi connectivity index (χ2n) is 7.72. The summed E-state index contributed by atoms with van der Waals surface area (Å²) in [6, 6.07) is 12.6. The molecule has 3 aromatic rings. The number of anilines is 1. The van der Waals surface area contributed by atoms with Crippen LogP contribution in [0.3, 0.4) is 0 Å². The lowest BCUT2D eigenvalue weighted by molar-refractivity contribution is -0.117. The second-order valence-corrected chi connectivity index (χ2v) is 7.72. The van der Waals surface area contributed by atoms with Crippen molar-refractivity contribution in [3.05, 3.63) is 81.8 Å². The number of nitrogens with one attached hydrogen (secondary N) is 2. The molecule has 166 valence electrons. The third kappa shape index (κ3) is 4.93. The summed E-state index contributed by atoms with van der Waals surface area (Å²) in [5, 5.41) is 9.69. The van der Waals surface area contributed by atoms with E-state index < -0.39 is 0 Å². The van der Waals surface area contributed by atoms with Gasteiger partial charge in [-0.1, -0.05) is 24.6 Å². The zero-order valence-electron chi connectivity index (χ0n) is 17.5. The fourth-order valence-electron chi connectivity index (χ4n) is 3.69. The molecule has 0 radical (unpaired) electrons. The van der Waals surface area contributed by atoms with Crippen LogP contribution in [0.1, 0.15) is 41.0 Å². The van der Waals surface area contributed by atoms with Gasteiger partial charge in [0, 0.05) is 36.3 Å². The molecule has 2 aromatic carbocycles. The molecule has 1 aliphatic rings. The molecule has 8 nitrogen and oxygen atoms in total. The lowest BCUT2D eigenvalue weighted by Crippen LogP contribution is -2.30. The minimum Gasteiger partial charge on any atom is -0.348 e. The van der Waals surface area contributed by atoms with Crippen LogP contribution >= 0.6 is 0 Å². The van der Waals surface area contributed by atoms with E-state index in [0.29, 0.717) is 23.4 Å². The number of aromatic nitrogens is 3. The SMILES string of the molecule is O=C(Cn1nc2n(c1=O)CCCCC2)Nc1ccc(C(=O)NCc2ccccc2F)cc1. The van der Waals surface area contributed by atoms with Crippen LogP contribution in [0, 0.1) is 5.82 Å². The van der Waals surface area contributed by atoms with Crippen molar-refractivity contribution in [3.63, 3.8) is 0 Å². The number of carbonyl (C=O) groups is 2. The highest BCUT2D eigenvalue weighted by molar-refractivity contribution is 5.95. The van der Waals surface area contributed by atoms with E-state index in [0.717, 1.165) is 31.5 Å². The lowest BCUT2D eigenvalue weighted by atomic mass is 10.1. The van der Waals surface area contributed by atoms with E-state index in [1.54, 1.807) is 47.0 Å². The normalized spacial score (nSPS) is 13.2. The summed E-state index contributed by atoms with van der Waals surface area (Å²) in [6.07, 6.45) is 3.73. The number of hydrogen-bond donors (Lipinski definition) is 2. The number of carbonyl (C=O) groups excluding carboxylic acids is 2. The molecule has 2 amide bonds. The Morgan fingerprint density at radius 2 is 1.81 bits per heavy atom. The van der Waals surface area contributed by atoms with E-state index in [1.807, 2.05) is 0 Å². The molecule has 9 heteroatoms. The zero-order valence-corrected chi connectivity index (χ0v) is 17.5. The average molecular weight is 437 g/mol. The molecule has 0 saturated carbocycles. The predicted molar refractivity (Wildman–Crippen MR) is 117 cm³/mol. The fourth-order valence-corrected chi connectivity index (χ4v) is 3.69. The maximum Gasteiger partial charge on any atom is 0.346 e. The van der Waals surface area contributed by atoms with Gasteiger partial charge in [0.15, 0.2) is 0 Å². The number of aryl methyl sites for hydroxylation is 1. The largest absolute Gasteiger partial charge is 0.348 e. The van der Waals surface area contributed by atoms with Gasteiger partial charge in [-0.25, -0.2) is 13.9 Å². The van der Waals surface area contributed by atoms with E-state index in [2.05, 4.69) is 15.7 Å². The summed E-state index contributed by atoms with van der Waals surface area (Å²) < 4.78 is 16.5. The van der Waals surface area contributed by atoms with Crippen LogP contribution in [-0.4, -0.2) is 26.2 Å². The van der Waals surface area contributed by atoms with Crippen LogP contribution in [0.4, 0.5) is 10.1 Å². The van der Waals surface area contributed by atoms with E-state index in [9.17, 15) is 18.8 Å². The molecule has 0 spiro atoms. The number of fused-ring (bicyclic) bond motifs is 1. The van der Waals surface area contributed by atoms with Gasteiger partial charge in [0.1, 0.15) is 18.2 Å². The number of halogens is 1. The lowest BCUT2D eigenvalue weighted by Gasteiger charge is -2.08. The van der Waals surface area contributed by atoms with Crippen molar-refractivity contribution in [1.82, 2.24) is 19.7 Å². The number of amides is 2.